The van der Waals surface area contributed by atoms with E-state index in [1.807, 2.05) is 16.7 Å². The summed E-state index contributed by atoms with van der Waals surface area (Å²) in [6, 6.07) is 3.79. The molecule has 0 fully saturated rings. The third kappa shape index (κ3) is 4.17. The summed E-state index contributed by atoms with van der Waals surface area (Å²) in [5.41, 5.74) is 1.66. The van der Waals surface area contributed by atoms with Crippen LogP contribution in [0.5, 0.6) is 0 Å². The maximum atomic E-state index is 11.9. The number of imidazole rings is 1. The van der Waals surface area contributed by atoms with Crippen molar-refractivity contribution in [1.82, 2.24) is 19.9 Å². The van der Waals surface area contributed by atoms with Crippen molar-refractivity contribution in [1.29, 1.82) is 0 Å². The number of nitrogens with zero attached hydrogens (tertiary/aromatic N) is 3. The number of rotatable bonds is 7. The SMILES string of the molecule is CC(C)CNC(=O)CCn1c(CCCl)nc2cccnc21. The van der Waals surface area contributed by atoms with Crippen LogP contribution in [0.15, 0.2) is 18.3 Å². The molecular weight excluding hydrogens is 288 g/mol. The molecule has 0 aliphatic carbocycles. The molecule has 6 heteroatoms. The molecule has 2 aromatic heterocycles. The lowest BCUT2D eigenvalue weighted by molar-refractivity contribution is -0.121. The van der Waals surface area contributed by atoms with Gasteiger partial charge in [0.15, 0.2) is 5.65 Å². The summed E-state index contributed by atoms with van der Waals surface area (Å²) >= 11 is 5.83. The second-order valence-electron chi connectivity index (χ2n) is 5.41. The molecule has 0 aromatic carbocycles. The molecule has 21 heavy (non-hydrogen) atoms. The fraction of sp³-hybridized carbons (Fsp3) is 0.533. The van der Waals surface area contributed by atoms with Crippen LogP contribution in [-0.4, -0.2) is 32.9 Å². The van der Waals surface area contributed by atoms with E-state index in [0.717, 1.165) is 17.0 Å². The molecule has 2 rings (SSSR count). The summed E-state index contributed by atoms with van der Waals surface area (Å²) in [5, 5.41) is 2.92. The van der Waals surface area contributed by atoms with E-state index in [0.29, 0.717) is 37.7 Å². The van der Waals surface area contributed by atoms with Crippen molar-refractivity contribution in [3.05, 3.63) is 24.2 Å². The molecule has 114 valence electrons. The third-order valence-electron chi connectivity index (χ3n) is 3.17. The summed E-state index contributed by atoms with van der Waals surface area (Å²) in [4.78, 5) is 20.8. The summed E-state index contributed by atoms with van der Waals surface area (Å²) < 4.78 is 1.99. The van der Waals surface area contributed by atoms with Gasteiger partial charge in [-0.15, -0.1) is 11.6 Å². The normalized spacial score (nSPS) is 11.2. The molecule has 0 saturated carbocycles. The van der Waals surface area contributed by atoms with Crippen LogP contribution in [0.4, 0.5) is 0 Å². The van der Waals surface area contributed by atoms with Crippen molar-refractivity contribution in [3.63, 3.8) is 0 Å². The number of amides is 1. The van der Waals surface area contributed by atoms with Crippen LogP contribution in [0, 0.1) is 5.92 Å². The molecule has 1 N–H and O–H groups in total. The van der Waals surface area contributed by atoms with E-state index in [4.69, 9.17) is 11.6 Å². The standard InChI is InChI=1S/C15H21ClN4O/c1-11(2)10-18-14(21)6-9-20-13(5-7-16)19-12-4-3-8-17-15(12)20/h3-4,8,11H,5-7,9-10H2,1-2H3,(H,18,21). The van der Waals surface area contributed by atoms with E-state index in [9.17, 15) is 4.79 Å². The number of alkyl halides is 1. The fourth-order valence-electron chi connectivity index (χ4n) is 2.14. The minimum Gasteiger partial charge on any atom is -0.356 e. The van der Waals surface area contributed by atoms with Crippen LogP contribution in [-0.2, 0) is 17.8 Å². The van der Waals surface area contributed by atoms with Crippen molar-refractivity contribution in [3.8, 4) is 0 Å². The predicted molar refractivity (Wildman–Crippen MR) is 84.4 cm³/mol. The molecule has 0 atom stereocenters. The van der Waals surface area contributed by atoms with Gasteiger partial charge in [0.2, 0.25) is 5.91 Å². The van der Waals surface area contributed by atoms with Crippen molar-refractivity contribution in [2.45, 2.75) is 33.2 Å². The number of hydrogen-bond donors (Lipinski definition) is 1. The van der Waals surface area contributed by atoms with E-state index in [2.05, 4.69) is 29.1 Å². The van der Waals surface area contributed by atoms with Crippen molar-refractivity contribution >= 4 is 28.7 Å². The van der Waals surface area contributed by atoms with Crippen LogP contribution >= 0.6 is 11.6 Å². The smallest absolute Gasteiger partial charge is 0.221 e. The lowest BCUT2D eigenvalue weighted by Crippen LogP contribution is -2.28. The molecule has 0 aliphatic heterocycles. The Bertz CT molecular complexity index is 609. The Balaban J connectivity index is 2.09. The molecule has 2 aromatic rings. The quantitative estimate of drug-likeness (QED) is 0.799. The molecule has 0 bridgehead atoms. The zero-order valence-corrected chi connectivity index (χ0v) is 13.2. The molecule has 0 saturated heterocycles. The number of fused-ring (bicyclic) bond motifs is 1. The van der Waals surface area contributed by atoms with Gasteiger partial charge in [0.1, 0.15) is 11.3 Å². The van der Waals surface area contributed by atoms with Crippen LogP contribution in [0.25, 0.3) is 11.2 Å². The summed E-state index contributed by atoms with van der Waals surface area (Å²) in [5.74, 6) is 1.90. The highest BCUT2D eigenvalue weighted by Crippen LogP contribution is 2.15. The first-order valence-corrected chi connectivity index (χ1v) is 7.78. The average molecular weight is 309 g/mol. The highest BCUT2D eigenvalue weighted by molar-refractivity contribution is 6.17. The van der Waals surface area contributed by atoms with Gasteiger partial charge in [-0.1, -0.05) is 13.8 Å². The van der Waals surface area contributed by atoms with Gasteiger partial charge in [0.05, 0.1) is 0 Å². The number of aryl methyl sites for hydroxylation is 2. The molecule has 0 unspecified atom stereocenters. The number of aromatic nitrogens is 3. The average Bonchev–Trinajstić information content (AvgIpc) is 2.81. The molecule has 0 spiro atoms. The molecule has 2 heterocycles. The lowest BCUT2D eigenvalue weighted by Gasteiger charge is -2.10. The van der Waals surface area contributed by atoms with E-state index in [-0.39, 0.29) is 5.91 Å². The first-order chi connectivity index (χ1) is 10.1. The number of carbonyl (C=O) groups is 1. The van der Waals surface area contributed by atoms with Crippen LogP contribution in [0.1, 0.15) is 26.1 Å². The Morgan fingerprint density at radius 1 is 1.48 bits per heavy atom. The Hall–Kier alpha value is -1.62. The summed E-state index contributed by atoms with van der Waals surface area (Å²) in [6.45, 7) is 5.43. The van der Waals surface area contributed by atoms with Crippen molar-refractivity contribution in [2.75, 3.05) is 12.4 Å². The minimum absolute atomic E-state index is 0.0540. The van der Waals surface area contributed by atoms with Crippen molar-refractivity contribution < 1.29 is 4.79 Å². The monoisotopic (exact) mass is 308 g/mol. The number of carbonyl (C=O) groups excluding carboxylic acids is 1. The number of nitrogens with one attached hydrogen (secondary N) is 1. The zero-order chi connectivity index (χ0) is 15.2. The predicted octanol–water partition coefficient (Wildman–Crippen LogP) is 2.37. The fourth-order valence-corrected chi connectivity index (χ4v) is 2.30. The highest BCUT2D eigenvalue weighted by Gasteiger charge is 2.12. The Kier molecular flexibility index (Phi) is 5.56. The topological polar surface area (TPSA) is 59.8 Å². The second-order valence-corrected chi connectivity index (χ2v) is 5.79. The first-order valence-electron chi connectivity index (χ1n) is 7.24. The molecule has 0 radical (unpaired) electrons. The van der Waals surface area contributed by atoms with Gasteiger partial charge in [0, 0.05) is 38.0 Å². The number of hydrogen-bond acceptors (Lipinski definition) is 3. The van der Waals surface area contributed by atoms with Crippen LogP contribution in [0.2, 0.25) is 0 Å². The van der Waals surface area contributed by atoms with Gasteiger partial charge >= 0.3 is 0 Å². The minimum atomic E-state index is 0.0540. The molecule has 1 amide bonds. The molecule has 5 nitrogen and oxygen atoms in total. The maximum absolute atomic E-state index is 11.9. The van der Waals surface area contributed by atoms with Gasteiger partial charge in [-0.2, -0.15) is 0 Å². The van der Waals surface area contributed by atoms with Gasteiger partial charge in [-0.3, -0.25) is 4.79 Å². The largest absolute Gasteiger partial charge is 0.356 e. The summed E-state index contributed by atoms with van der Waals surface area (Å²) in [6.07, 6.45) is 2.83. The molecular formula is C15H21ClN4O. The van der Waals surface area contributed by atoms with E-state index in [1.165, 1.54) is 0 Å². The summed E-state index contributed by atoms with van der Waals surface area (Å²) in [7, 11) is 0. The number of pyridine rings is 1. The van der Waals surface area contributed by atoms with Gasteiger partial charge in [-0.25, -0.2) is 9.97 Å². The second kappa shape index (κ2) is 7.41. The van der Waals surface area contributed by atoms with Crippen LogP contribution in [0.3, 0.4) is 0 Å². The van der Waals surface area contributed by atoms with E-state index in [1.54, 1.807) is 6.20 Å². The third-order valence-corrected chi connectivity index (χ3v) is 3.36. The van der Waals surface area contributed by atoms with E-state index < -0.39 is 0 Å². The van der Waals surface area contributed by atoms with Crippen molar-refractivity contribution in [2.24, 2.45) is 5.92 Å². The highest BCUT2D eigenvalue weighted by atomic mass is 35.5. The maximum Gasteiger partial charge on any atom is 0.221 e. The van der Waals surface area contributed by atoms with Gasteiger partial charge < -0.3 is 9.88 Å². The van der Waals surface area contributed by atoms with Gasteiger partial charge in [-0.05, 0) is 18.1 Å². The molecule has 0 aliphatic rings. The lowest BCUT2D eigenvalue weighted by atomic mass is 10.2. The Labute approximate surface area is 129 Å². The Morgan fingerprint density at radius 3 is 3.00 bits per heavy atom. The zero-order valence-electron chi connectivity index (χ0n) is 12.5. The first kappa shape index (κ1) is 15.8. The Morgan fingerprint density at radius 2 is 2.29 bits per heavy atom. The number of halogens is 1. The van der Waals surface area contributed by atoms with E-state index >= 15 is 0 Å². The van der Waals surface area contributed by atoms with Crippen LogP contribution < -0.4 is 5.32 Å². The van der Waals surface area contributed by atoms with Gasteiger partial charge in [0.25, 0.3) is 0 Å².